The summed E-state index contributed by atoms with van der Waals surface area (Å²) in [6, 6.07) is 2.05. The summed E-state index contributed by atoms with van der Waals surface area (Å²) >= 11 is 0. The zero-order valence-electron chi connectivity index (χ0n) is 10.6. The molecule has 0 bridgehead atoms. The smallest absolute Gasteiger partial charge is 0.0494 e. The summed E-state index contributed by atoms with van der Waals surface area (Å²) in [4.78, 5) is 0. The standard InChI is InChI=1S/C13H23N3O/c1-2-16-12(5-8-15-16)11(9-14)13(10-17)6-3-4-7-13/h5,8,11,17H,2-4,6-7,9-10,14H2,1H3/t11-/m0/s1. The molecule has 0 aromatic carbocycles. The number of nitrogens with two attached hydrogens (primary N) is 1. The van der Waals surface area contributed by atoms with E-state index in [-0.39, 0.29) is 17.9 Å². The van der Waals surface area contributed by atoms with Crippen LogP contribution in [0.5, 0.6) is 0 Å². The number of nitrogens with zero attached hydrogens (tertiary/aromatic N) is 2. The molecule has 1 aliphatic rings. The Balaban J connectivity index is 2.32. The third-order valence-electron chi connectivity index (χ3n) is 4.30. The molecule has 4 heteroatoms. The van der Waals surface area contributed by atoms with E-state index in [0.717, 1.165) is 19.4 Å². The van der Waals surface area contributed by atoms with Gasteiger partial charge in [-0.1, -0.05) is 12.8 Å². The van der Waals surface area contributed by atoms with E-state index in [4.69, 9.17) is 5.73 Å². The Bertz CT molecular complexity index is 355. The van der Waals surface area contributed by atoms with Gasteiger partial charge in [0.2, 0.25) is 0 Å². The zero-order valence-corrected chi connectivity index (χ0v) is 10.6. The highest BCUT2D eigenvalue weighted by Gasteiger charge is 2.42. The topological polar surface area (TPSA) is 64.1 Å². The van der Waals surface area contributed by atoms with Gasteiger partial charge in [-0.05, 0) is 25.8 Å². The Labute approximate surface area is 103 Å². The predicted molar refractivity (Wildman–Crippen MR) is 67.7 cm³/mol. The average Bonchev–Trinajstić information content (AvgIpc) is 2.99. The lowest BCUT2D eigenvalue weighted by Gasteiger charge is -2.35. The van der Waals surface area contributed by atoms with E-state index in [1.807, 2.05) is 10.9 Å². The second kappa shape index (κ2) is 5.19. The Morgan fingerprint density at radius 3 is 2.76 bits per heavy atom. The first kappa shape index (κ1) is 12.6. The lowest BCUT2D eigenvalue weighted by Crippen LogP contribution is -2.36. The quantitative estimate of drug-likeness (QED) is 0.815. The number of rotatable bonds is 5. The molecule has 0 amide bonds. The fourth-order valence-electron chi connectivity index (χ4n) is 3.28. The molecule has 1 heterocycles. The summed E-state index contributed by atoms with van der Waals surface area (Å²) in [7, 11) is 0. The predicted octanol–water partition coefficient (Wildman–Crippen LogP) is 1.50. The number of aliphatic hydroxyl groups is 1. The molecule has 2 rings (SSSR count). The maximum atomic E-state index is 9.80. The summed E-state index contributed by atoms with van der Waals surface area (Å²) in [5.41, 5.74) is 7.15. The minimum Gasteiger partial charge on any atom is -0.396 e. The van der Waals surface area contributed by atoms with Crippen molar-refractivity contribution >= 4 is 0 Å². The maximum Gasteiger partial charge on any atom is 0.0494 e. The van der Waals surface area contributed by atoms with Crippen LogP contribution in [0.2, 0.25) is 0 Å². The second-order valence-corrected chi connectivity index (χ2v) is 5.09. The molecule has 1 saturated carbocycles. The van der Waals surface area contributed by atoms with Gasteiger partial charge < -0.3 is 10.8 Å². The monoisotopic (exact) mass is 237 g/mol. The highest BCUT2D eigenvalue weighted by atomic mass is 16.3. The summed E-state index contributed by atoms with van der Waals surface area (Å²) in [6.07, 6.45) is 6.41. The summed E-state index contributed by atoms with van der Waals surface area (Å²) in [6.45, 7) is 3.78. The number of aromatic nitrogens is 2. The molecule has 96 valence electrons. The van der Waals surface area contributed by atoms with Gasteiger partial charge in [0.1, 0.15) is 0 Å². The summed E-state index contributed by atoms with van der Waals surface area (Å²) in [5, 5.41) is 14.1. The molecule has 17 heavy (non-hydrogen) atoms. The first-order valence-corrected chi connectivity index (χ1v) is 6.60. The zero-order chi connectivity index (χ0) is 12.3. The highest BCUT2D eigenvalue weighted by molar-refractivity contribution is 5.15. The summed E-state index contributed by atoms with van der Waals surface area (Å²) in [5.74, 6) is 0.234. The molecule has 0 saturated heterocycles. The largest absolute Gasteiger partial charge is 0.396 e. The molecule has 1 aromatic rings. The van der Waals surface area contributed by atoms with Crippen molar-refractivity contribution in [3.63, 3.8) is 0 Å². The maximum absolute atomic E-state index is 9.80. The lowest BCUT2D eigenvalue weighted by molar-refractivity contribution is 0.0992. The van der Waals surface area contributed by atoms with Gasteiger partial charge >= 0.3 is 0 Å². The molecule has 1 fully saturated rings. The molecule has 3 N–H and O–H groups in total. The first-order valence-electron chi connectivity index (χ1n) is 6.60. The van der Waals surface area contributed by atoms with Gasteiger partial charge in [-0.25, -0.2) is 0 Å². The Morgan fingerprint density at radius 1 is 1.53 bits per heavy atom. The van der Waals surface area contributed by atoms with Gasteiger partial charge in [-0.2, -0.15) is 5.10 Å². The lowest BCUT2D eigenvalue weighted by atomic mass is 9.73. The minimum absolute atomic E-state index is 0.0122. The van der Waals surface area contributed by atoms with E-state index < -0.39 is 0 Å². The van der Waals surface area contributed by atoms with Crippen molar-refractivity contribution in [1.82, 2.24) is 9.78 Å². The van der Waals surface area contributed by atoms with Gasteiger partial charge in [0.15, 0.2) is 0 Å². The highest BCUT2D eigenvalue weighted by Crippen LogP contribution is 2.48. The molecular weight excluding hydrogens is 214 g/mol. The van der Waals surface area contributed by atoms with Gasteiger partial charge in [0.05, 0.1) is 0 Å². The minimum atomic E-state index is -0.0122. The number of aliphatic hydroxyl groups excluding tert-OH is 1. The van der Waals surface area contributed by atoms with Crippen molar-refractivity contribution in [3.05, 3.63) is 18.0 Å². The van der Waals surface area contributed by atoms with Crippen molar-refractivity contribution in [2.75, 3.05) is 13.2 Å². The van der Waals surface area contributed by atoms with Crippen molar-refractivity contribution in [2.45, 2.75) is 45.1 Å². The molecule has 0 aliphatic heterocycles. The first-order chi connectivity index (χ1) is 8.27. The van der Waals surface area contributed by atoms with E-state index in [1.54, 1.807) is 0 Å². The fourth-order valence-corrected chi connectivity index (χ4v) is 3.28. The van der Waals surface area contributed by atoms with E-state index in [2.05, 4.69) is 18.1 Å². The van der Waals surface area contributed by atoms with Crippen molar-refractivity contribution in [3.8, 4) is 0 Å². The average molecular weight is 237 g/mol. The van der Waals surface area contributed by atoms with Crippen LogP contribution in [0.15, 0.2) is 12.3 Å². The van der Waals surface area contributed by atoms with Crippen molar-refractivity contribution in [2.24, 2.45) is 11.1 Å². The third kappa shape index (κ3) is 2.11. The molecule has 1 aromatic heterocycles. The summed E-state index contributed by atoms with van der Waals surface area (Å²) < 4.78 is 2.01. The van der Waals surface area contributed by atoms with Crippen LogP contribution < -0.4 is 5.73 Å². The van der Waals surface area contributed by atoms with Crippen LogP contribution in [0.4, 0.5) is 0 Å². The van der Waals surface area contributed by atoms with Crippen LogP contribution in [0.1, 0.15) is 44.2 Å². The molecular formula is C13H23N3O. The number of aryl methyl sites for hydroxylation is 1. The van der Waals surface area contributed by atoms with Gasteiger partial charge in [0.25, 0.3) is 0 Å². The van der Waals surface area contributed by atoms with Gasteiger partial charge in [0, 0.05) is 42.9 Å². The van der Waals surface area contributed by atoms with Crippen LogP contribution in [-0.4, -0.2) is 28.0 Å². The molecule has 0 radical (unpaired) electrons. The van der Waals surface area contributed by atoms with Crippen LogP contribution >= 0.6 is 0 Å². The Kier molecular flexibility index (Phi) is 3.84. The van der Waals surface area contributed by atoms with Crippen LogP contribution in [0.3, 0.4) is 0 Å². The van der Waals surface area contributed by atoms with Crippen LogP contribution in [0, 0.1) is 5.41 Å². The van der Waals surface area contributed by atoms with E-state index in [1.165, 1.54) is 18.5 Å². The molecule has 1 aliphatic carbocycles. The second-order valence-electron chi connectivity index (χ2n) is 5.09. The van der Waals surface area contributed by atoms with Crippen LogP contribution in [-0.2, 0) is 6.54 Å². The molecule has 0 unspecified atom stereocenters. The Morgan fingerprint density at radius 2 is 2.24 bits per heavy atom. The molecule has 4 nitrogen and oxygen atoms in total. The number of hydrogen-bond acceptors (Lipinski definition) is 3. The Hall–Kier alpha value is -0.870. The van der Waals surface area contributed by atoms with Gasteiger partial charge in [-0.3, -0.25) is 4.68 Å². The fraction of sp³-hybridized carbons (Fsp3) is 0.769. The van der Waals surface area contributed by atoms with Crippen LogP contribution in [0.25, 0.3) is 0 Å². The van der Waals surface area contributed by atoms with Crippen molar-refractivity contribution < 1.29 is 5.11 Å². The third-order valence-corrected chi connectivity index (χ3v) is 4.30. The van der Waals surface area contributed by atoms with E-state index in [0.29, 0.717) is 6.54 Å². The van der Waals surface area contributed by atoms with E-state index >= 15 is 0 Å². The molecule has 1 atom stereocenters. The SMILES string of the molecule is CCn1nccc1[C@H](CN)C1(CO)CCCC1. The van der Waals surface area contributed by atoms with Gasteiger partial charge in [-0.15, -0.1) is 0 Å². The number of hydrogen-bond donors (Lipinski definition) is 2. The molecule has 0 spiro atoms. The normalized spacial score (nSPS) is 20.6. The van der Waals surface area contributed by atoms with E-state index in [9.17, 15) is 5.11 Å². The van der Waals surface area contributed by atoms with Crippen molar-refractivity contribution in [1.29, 1.82) is 0 Å².